The van der Waals surface area contributed by atoms with E-state index in [1.807, 2.05) is 0 Å². The Bertz CT molecular complexity index is 1180. The second-order valence-corrected chi connectivity index (χ2v) is 9.20. The molecule has 12 heteroatoms. The quantitative estimate of drug-likeness (QED) is 0.392. The fraction of sp³-hybridized carbons (Fsp3) is 0.440. The van der Waals surface area contributed by atoms with E-state index in [4.69, 9.17) is 10.1 Å². The van der Waals surface area contributed by atoms with Gasteiger partial charge >= 0.3 is 0 Å². The summed E-state index contributed by atoms with van der Waals surface area (Å²) >= 11 is 0. The molecule has 4 rings (SSSR count). The van der Waals surface area contributed by atoms with Crippen molar-refractivity contribution in [3.63, 3.8) is 0 Å². The maximum Gasteiger partial charge on any atom is 0.252 e. The van der Waals surface area contributed by atoms with Crippen LogP contribution in [0.1, 0.15) is 44.0 Å². The van der Waals surface area contributed by atoms with Gasteiger partial charge in [-0.15, -0.1) is 0 Å². The van der Waals surface area contributed by atoms with Crippen LogP contribution in [0.3, 0.4) is 0 Å². The fourth-order valence-electron chi connectivity index (χ4n) is 4.40. The number of benzene rings is 1. The summed E-state index contributed by atoms with van der Waals surface area (Å²) in [6.07, 6.45) is 3.55. The van der Waals surface area contributed by atoms with Crippen LogP contribution in [0.5, 0.6) is 5.75 Å². The minimum absolute atomic E-state index is 0.00733. The summed E-state index contributed by atoms with van der Waals surface area (Å²) in [7, 11) is 0. The zero-order valence-electron chi connectivity index (χ0n) is 20.4. The molecule has 1 aliphatic carbocycles. The molecule has 4 N–H and O–H groups in total. The number of rotatable bonds is 10. The largest absolute Gasteiger partial charge is 0.486 e. The second kappa shape index (κ2) is 11.0. The minimum Gasteiger partial charge on any atom is -0.486 e. The van der Waals surface area contributed by atoms with E-state index >= 15 is 0 Å². The van der Waals surface area contributed by atoms with Crippen LogP contribution in [-0.2, 0) is 21.0 Å². The Balaban J connectivity index is 1.39. The first kappa shape index (κ1) is 26.1. The molecule has 0 bridgehead atoms. The molecule has 10 nitrogen and oxygen atoms in total. The van der Waals surface area contributed by atoms with Crippen molar-refractivity contribution < 1.29 is 33.3 Å². The van der Waals surface area contributed by atoms with Gasteiger partial charge in [0.25, 0.3) is 5.92 Å². The SMILES string of the molecule is CC(=O)C(=[NH2+])c1cc(OCc2ncccn2)ccc1NCC(=O)N1CCC[C@H]1C(=O)NC1CC(F)(F)C1. The highest BCUT2D eigenvalue weighted by Crippen LogP contribution is 2.37. The third-order valence-electron chi connectivity index (χ3n) is 6.39. The predicted octanol–water partition coefficient (Wildman–Crippen LogP) is 0.510. The van der Waals surface area contributed by atoms with E-state index in [2.05, 4.69) is 20.6 Å². The van der Waals surface area contributed by atoms with Gasteiger partial charge in [-0.25, -0.2) is 18.7 Å². The summed E-state index contributed by atoms with van der Waals surface area (Å²) in [5, 5.41) is 11.7. The van der Waals surface area contributed by atoms with Crippen LogP contribution < -0.4 is 20.8 Å². The normalized spacial score (nSPS) is 18.6. The molecule has 1 saturated heterocycles. The van der Waals surface area contributed by atoms with Crippen LogP contribution >= 0.6 is 0 Å². The van der Waals surface area contributed by atoms with Gasteiger partial charge in [0.15, 0.2) is 5.82 Å². The number of alkyl halides is 2. The highest BCUT2D eigenvalue weighted by atomic mass is 19.3. The molecule has 2 heterocycles. The van der Waals surface area contributed by atoms with Crippen LogP contribution in [0, 0.1) is 0 Å². The first-order chi connectivity index (χ1) is 17.6. The lowest BCUT2D eigenvalue weighted by molar-refractivity contribution is -0.140. The molecule has 2 aromatic rings. The number of carbonyl (C=O) groups excluding carboxylic acids is 3. The van der Waals surface area contributed by atoms with Crippen molar-refractivity contribution in [3.05, 3.63) is 48.0 Å². The molecule has 1 aliphatic heterocycles. The number of nitrogens with zero attached hydrogens (tertiary/aromatic N) is 3. The van der Waals surface area contributed by atoms with Gasteiger partial charge in [0.1, 0.15) is 18.4 Å². The van der Waals surface area contributed by atoms with Crippen LogP contribution in [0.2, 0.25) is 0 Å². The van der Waals surface area contributed by atoms with Crippen LogP contribution in [0.4, 0.5) is 14.5 Å². The van der Waals surface area contributed by atoms with Crippen molar-refractivity contribution in [1.29, 1.82) is 0 Å². The van der Waals surface area contributed by atoms with Crippen molar-refractivity contribution in [2.75, 3.05) is 18.4 Å². The summed E-state index contributed by atoms with van der Waals surface area (Å²) in [6.45, 7) is 1.69. The average Bonchev–Trinajstić information content (AvgIpc) is 3.35. The topological polar surface area (TPSA) is 139 Å². The summed E-state index contributed by atoms with van der Waals surface area (Å²) in [4.78, 5) is 47.2. The first-order valence-electron chi connectivity index (χ1n) is 12.0. The lowest BCUT2D eigenvalue weighted by Crippen LogP contribution is -2.55. The van der Waals surface area contributed by atoms with E-state index < -0.39 is 23.9 Å². The molecule has 1 aromatic heterocycles. The number of carbonyl (C=O) groups is 3. The van der Waals surface area contributed by atoms with E-state index in [1.165, 1.54) is 11.8 Å². The van der Waals surface area contributed by atoms with Crippen molar-refractivity contribution in [1.82, 2.24) is 20.2 Å². The third-order valence-corrected chi connectivity index (χ3v) is 6.39. The number of amides is 2. The number of hydrogen-bond donors (Lipinski definition) is 3. The van der Waals surface area contributed by atoms with Crippen LogP contribution in [0.15, 0.2) is 36.7 Å². The highest BCUT2D eigenvalue weighted by molar-refractivity contribution is 6.44. The predicted molar refractivity (Wildman–Crippen MR) is 129 cm³/mol. The molecular weight excluding hydrogens is 486 g/mol. The number of nitrogens with two attached hydrogens (primary N) is 1. The Kier molecular flexibility index (Phi) is 7.74. The van der Waals surface area contributed by atoms with Crippen LogP contribution in [-0.4, -0.2) is 69.3 Å². The number of Topliss-reactive ketones (excluding diaryl/α,β-unsaturated/α-hetero) is 1. The maximum absolute atomic E-state index is 13.1. The molecule has 0 spiro atoms. The van der Waals surface area contributed by atoms with Gasteiger partial charge in [-0.1, -0.05) is 0 Å². The molecule has 2 amide bonds. The smallest absolute Gasteiger partial charge is 0.252 e. The molecule has 1 aromatic carbocycles. The van der Waals surface area contributed by atoms with Gasteiger partial charge in [-0.3, -0.25) is 19.8 Å². The summed E-state index contributed by atoms with van der Waals surface area (Å²) in [5.74, 6) is -2.91. The number of ether oxygens (including phenoxy) is 1. The molecule has 37 heavy (non-hydrogen) atoms. The molecule has 2 aliphatic rings. The molecular formula is C25H29F2N6O4+. The number of ketones is 1. The lowest BCUT2D eigenvalue weighted by Gasteiger charge is -2.36. The number of halogens is 2. The maximum atomic E-state index is 13.1. The highest BCUT2D eigenvalue weighted by Gasteiger charge is 2.47. The third kappa shape index (κ3) is 6.43. The van der Waals surface area contributed by atoms with E-state index in [0.29, 0.717) is 42.2 Å². The zero-order chi connectivity index (χ0) is 26.6. The van der Waals surface area contributed by atoms with E-state index in [9.17, 15) is 23.2 Å². The van der Waals surface area contributed by atoms with Crippen molar-refractivity contribution in [3.8, 4) is 5.75 Å². The fourth-order valence-corrected chi connectivity index (χ4v) is 4.40. The summed E-state index contributed by atoms with van der Waals surface area (Å²) in [5.41, 5.74) is 0.807. The number of anilines is 1. The lowest BCUT2D eigenvalue weighted by atomic mass is 9.88. The Labute approximate surface area is 212 Å². The molecule has 2 fully saturated rings. The number of aromatic nitrogens is 2. The minimum atomic E-state index is -2.74. The molecule has 1 atom stereocenters. The average molecular weight is 516 g/mol. The van der Waals surface area contributed by atoms with Gasteiger partial charge in [0.2, 0.25) is 23.3 Å². The summed E-state index contributed by atoms with van der Waals surface area (Å²) < 4.78 is 31.9. The van der Waals surface area contributed by atoms with Gasteiger partial charge in [-0.05, 0) is 37.1 Å². The Morgan fingerprint density at radius 3 is 2.62 bits per heavy atom. The zero-order valence-corrected chi connectivity index (χ0v) is 20.4. The summed E-state index contributed by atoms with van der Waals surface area (Å²) in [6, 6.07) is 5.32. The Morgan fingerprint density at radius 1 is 1.22 bits per heavy atom. The number of likely N-dealkylation sites (tertiary alicyclic amines) is 1. The molecule has 196 valence electrons. The van der Waals surface area contributed by atoms with Crippen molar-refractivity contribution >= 4 is 29.0 Å². The van der Waals surface area contributed by atoms with Crippen molar-refractivity contribution in [2.24, 2.45) is 0 Å². The van der Waals surface area contributed by atoms with Gasteiger partial charge < -0.3 is 20.3 Å². The Hall–Kier alpha value is -3.96. The molecule has 0 radical (unpaired) electrons. The van der Waals surface area contributed by atoms with Crippen LogP contribution in [0.25, 0.3) is 0 Å². The Morgan fingerprint density at radius 2 is 1.95 bits per heavy atom. The van der Waals surface area contributed by atoms with E-state index in [1.54, 1.807) is 36.7 Å². The molecule has 1 saturated carbocycles. The standard InChI is InChI=1S/C25H28F2N6O4/c1-15(34)23(28)18-10-17(37-14-21-29-7-3-8-30-21)5-6-19(18)31-13-22(35)33-9-2-4-20(33)24(36)32-16-11-25(26,27)12-16/h3,5-8,10,16,20,28,31H,2,4,9,11-14H2,1H3,(H,32,36)/p+1/t20-/m0/s1. The number of hydrogen-bond acceptors (Lipinski definition) is 7. The van der Waals surface area contributed by atoms with Crippen molar-refractivity contribution in [2.45, 2.75) is 57.2 Å². The first-order valence-corrected chi connectivity index (χ1v) is 12.0. The number of nitrogens with one attached hydrogen (secondary N) is 2. The second-order valence-electron chi connectivity index (χ2n) is 9.20. The van der Waals surface area contributed by atoms with Gasteiger partial charge in [-0.2, -0.15) is 0 Å². The van der Waals surface area contributed by atoms with Gasteiger partial charge in [0.05, 0.1) is 12.1 Å². The monoisotopic (exact) mass is 515 g/mol. The van der Waals surface area contributed by atoms with E-state index in [0.717, 1.165) is 0 Å². The van der Waals surface area contributed by atoms with Gasteiger partial charge in [0, 0.05) is 50.4 Å². The molecule has 0 unspecified atom stereocenters. The van der Waals surface area contributed by atoms with E-state index in [-0.39, 0.29) is 43.4 Å².